The standard InChI is InChI=1S/C20H19N3O5S/c1-13-14(2)22-28-20(13)23-29(26,27)18-10-6-16(7-11-18)21-19(25)12-5-15-3-8-17(24)9-4-15/h3-12,23-24H,1-2H3,(H,21,25)/b12-5+. The van der Waals surface area contributed by atoms with Gasteiger partial charge in [-0.1, -0.05) is 17.3 Å². The molecule has 3 N–H and O–H groups in total. The molecular formula is C20H19N3O5S. The SMILES string of the molecule is Cc1noc(NS(=O)(=O)c2ccc(NC(=O)/C=C/c3ccc(O)cc3)cc2)c1C. The zero-order valence-electron chi connectivity index (χ0n) is 15.7. The summed E-state index contributed by atoms with van der Waals surface area (Å²) in [7, 11) is -3.85. The van der Waals surface area contributed by atoms with E-state index in [1.54, 1.807) is 32.1 Å². The van der Waals surface area contributed by atoms with Gasteiger partial charge >= 0.3 is 0 Å². The largest absolute Gasteiger partial charge is 0.508 e. The molecule has 3 aromatic rings. The van der Waals surface area contributed by atoms with Crippen LogP contribution in [0, 0.1) is 13.8 Å². The monoisotopic (exact) mass is 413 g/mol. The molecule has 29 heavy (non-hydrogen) atoms. The van der Waals surface area contributed by atoms with E-state index < -0.39 is 10.0 Å². The third-order valence-electron chi connectivity index (χ3n) is 4.14. The zero-order chi connectivity index (χ0) is 21.0. The quantitative estimate of drug-likeness (QED) is 0.532. The Hall–Kier alpha value is -3.59. The average molecular weight is 413 g/mol. The predicted octanol–water partition coefficient (Wildman–Crippen LogP) is 3.45. The number of carbonyl (C=O) groups is 1. The lowest BCUT2D eigenvalue weighted by molar-refractivity contribution is -0.111. The summed E-state index contributed by atoms with van der Waals surface area (Å²) in [5.41, 5.74) is 2.40. The van der Waals surface area contributed by atoms with Crippen LogP contribution in [0.15, 0.2) is 64.0 Å². The summed E-state index contributed by atoms with van der Waals surface area (Å²) in [5, 5.41) is 15.6. The Kier molecular flexibility index (Phi) is 5.69. The molecule has 0 radical (unpaired) electrons. The maximum atomic E-state index is 12.5. The van der Waals surface area contributed by atoms with Crippen molar-refractivity contribution < 1.29 is 22.8 Å². The van der Waals surface area contributed by atoms with Gasteiger partial charge in [-0.05, 0) is 61.9 Å². The summed E-state index contributed by atoms with van der Waals surface area (Å²) >= 11 is 0. The highest BCUT2D eigenvalue weighted by Gasteiger charge is 2.19. The van der Waals surface area contributed by atoms with Crippen LogP contribution in [0.2, 0.25) is 0 Å². The first kappa shape index (κ1) is 20.2. The minimum absolute atomic E-state index is 0.0172. The summed E-state index contributed by atoms with van der Waals surface area (Å²) < 4.78 is 32.3. The molecule has 9 heteroatoms. The Bertz CT molecular complexity index is 1150. The van der Waals surface area contributed by atoms with E-state index in [-0.39, 0.29) is 22.4 Å². The molecule has 0 spiro atoms. The molecule has 0 aliphatic rings. The number of aromatic hydroxyl groups is 1. The first-order chi connectivity index (χ1) is 13.7. The average Bonchev–Trinajstić information content (AvgIpc) is 2.99. The maximum Gasteiger partial charge on any atom is 0.264 e. The topological polar surface area (TPSA) is 122 Å². The van der Waals surface area contributed by atoms with Crippen molar-refractivity contribution in [1.29, 1.82) is 0 Å². The number of sulfonamides is 1. The molecule has 1 heterocycles. The van der Waals surface area contributed by atoms with Crippen LogP contribution in [-0.2, 0) is 14.8 Å². The Morgan fingerprint density at radius 1 is 1.07 bits per heavy atom. The summed E-state index contributed by atoms with van der Waals surface area (Å²) in [4.78, 5) is 12.0. The molecule has 1 amide bonds. The second-order valence-electron chi connectivity index (χ2n) is 6.27. The molecule has 0 atom stereocenters. The Labute approximate surface area is 167 Å². The van der Waals surface area contributed by atoms with Gasteiger partial charge in [-0.3, -0.25) is 4.79 Å². The molecule has 2 aromatic carbocycles. The Morgan fingerprint density at radius 2 is 1.72 bits per heavy atom. The van der Waals surface area contributed by atoms with E-state index in [9.17, 15) is 18.3 Å². The number of nitrogens with zero attached hydrogens (tertiary/aromatic N) is 1. The van der Waals surface area contributed by atoms with Gasteiger partial charge in [0.2, 0.25) is 11.8 Å². The van der Waals surface area contributed by atoms with Crippen molar-refractivity contribution in [2.24, 2.45) is 0 Å². The number of nitrogens with one attached hydrogen (secondary N) is 2. The van der Waals surface area contributed by atoms with E-state index in [4.69, 9.17) is 4.52 Å². The zero-order valence-corrected chi connectivity index (χ0v) is 16.5. The van der Waals surface area contributed by atoms with Gasteiger partial charge in [0.1, 0.15) is 5.75 Å². The molecule has 0 aliphatic heterocycles. The van der Waals surface area contributed by atoms with Crippen LogP contribution in [0.4, 0.5) is 11.6 Å². The number of amides is 1. The molecule has 0 fully saturated rings. The fourth-order valence-electron chi connectivity index (χ4n) is 2.35. The molecular weight excluding hydrogens is 394 g/mol. The normalized spacial score (nSPS) is 11.5. The number of phenols is 1. The Balaban J connectivity index is 1.65. The Morgan fingerprint density at radius 3 is 2.31 bits per heavy atom. The van der Waals surface area contributed by atoms with Gasteiger partial charge < -0.3 is 14.9 Å². The van der Waals surface area contributed by atoms with Crippen LogP contribution in [0.5, 0.6) is 5.75 Å². The van der Waals surface area contributed by atoms with E-state index in [1.807, 2.05) is 0 Å². The number of benzene rings is 2. The lowest BCUT2D eigenvalue weighted by Gasteiger charge is -2.07. The highest BCUT2D eigenvalue weighted by molar-refractivity contribution is 7.92. The van der Waals surface area contributed by atoms with Gasteiger partial charge in [0.15, 0.2) is 0 Å². The first-order valence-corrected chi connectivity index (χ1v) is 10.1. The van der Waals surface area contributed by atoms with Crippen molar-refractivity contribution in [2.75, 3.05) is 10.0 Å². The minimum atomic E-state index is -3.85. The fraction of sp³-hybridized carbons (Fsp3) is 0.100. The molecule has 8 nitrogen and oxygen atoms in total. The number of phenolic OH excluding ortho intramolecular Hbond substituents is 1. The summed E-state index contributed by atoms with van der Waals surface area (Å²) in [6, 6.07) is 12.1. The van der Waals surface area contributed by atoms with Gasteiger partial charge in [-0.25, -0.2) is 13.1 Å². The fourth-order valence-corrected chi connectivity index (χ4v) is 3.40. The van der Waals surface area contributed by atoms with Gasteiger partial charge in [0.25, 0.3) is 10.0 Å². The van der Waals surface area contributed by atoms with E-state index in [0.29, 0.717) is 16.9 Å². The number of anilines is 2. The molecule has 150 valence electrons. The summed E-state index contributed by atoms with van der Waals surface area (Å²) in [5.74, 6) is -0.163. The predicted molar refractivity (Wildman–Crippen MR) is 109 cm³/mol. The van der Waals surface area contributed by atoms with Gasteiger partial charge in [0, 0.05) is 17.3 Å². The number of hydrogen-bond acceptors (Lipinski definition) is 6. The van der Waals surface area contributed by atoms with Gasteiger partial charge in [0.05, 0.1) is 10.6 Å². The number of aryl methyl sites for hydroxylation is 1. The molecule has 0 bridgehead atoms. The van der Waals surface area contributed by atoms with E-state index in [0.717, 1.165) is 5.56 Å². The highest BCUT2D eigenvalue weighted by Crippen LogP contribution is 2.22. The van der Waals surface area contributed by atoms with E-state index in [2.05, 4.69) is 15.2 Å². The minimum Gasteiger partial charge on any atom is -0.508 e. The molecule has 0 saturated carbocycles. The lowest BCUT2D eigenvalue weighted by Crippen LogP contribution is -2.13. The van der Waals surface area contributed by atoms with Crippen LogP contribution >= 0.6 is 0 Å². The van der Waals surface area contributed by atoms with E-state index >= 15 is 0 Å². The molecule has 1 aromatic heterocycles. The number of carbonyl (C=O) groups excluding carboxylic acids is 1. The van der Waals surface area contributed by atoms with E-state index in [1.165, 1.54) is 42.5 Å². The molecule has 3 rings (SSSR count). The van der Waals surface area contributed by atoms with Crippen molar-refractivity contribution in [3.63, 3.8) is 0 Å². The van der Waals surface area contributed by atoms with Crippen molar-refractivity contribution in [3.8, 4) is 5.75 Å². The van der Waals surface area contributed by atoms with Crippen LogP contribution in [0.3, 0.4) is 0 Å². The highest BCUT2D eigenvalue weighted by atomic mass is 32.2. The van der Waals surface area contributed by atoms with Gasteiger partial charge in [-0.2, -0.15) is 0 Å². The van der Waals surface area contributed by atoms with Crippen LogP contribution in [0.1, 0.15) is 16.8 Å². The third kappa shape index (κ3) is 5.02. The van der Waals surface area contributed by atoms with Crippen LogP contribution in [0.25, 0.3) is 6.08 Å². The second kappa shape index (κ2) is 8.19. The molecule has 0 unspecified atom stereocenters. The van der Waals surface area contributed by atoms with Crippen molar-refractivity contribution in [1.82, 2.24) is 5.16 Å². The van der Waals surface area contributed by atoms with Crippen LogP contribution < -0.4 is 10.0 Å². The smallest absolute Gasteiger partial charge is 0.264 e. The third-order valence-corrected chi connectivity index (χ3v) is 5.48. The lowest BCUT2D eigenvalue weighted by atomic mass is 10.2. The molecule has 0 saturated heterocycles. The van der Waals surface area contributed by atoms with Crippen molar-refractivity contribution >= 4 is 33.6 Å². The number of aromatic nitrogens is 1. The summed E-state index contributed by atoms with van der Waals surface area (Å²) in [6.07, 6.45) is 2.94. The maximum absolute atomic E-state index is 12.5. The van der Waals surface area contributed by atoms with Crippen molar-refractivity contribution in [3.05, 3.63) is 71.4 Å². The number of hydrogen-bond donors (Lipinski definition) is 3. The van der Waals surface area contributed by atoms with Crippen molar-refractivity contribution in [2.45, 2.75) is 18.7 Å². The van der Waals surface area contributed by atoms with Gasteiger partial charge in [-0.15, -0.1) is 0 Å². The summed E-state index contributed by atoms with van der Waals surface area (Å²) in [6.45, 7) is 3.41. The van der Waals surface area contributed by atoms with Crippen LogP contribution in [-0.4, -0.2) is 24.6 Å². The first-order valence-electron chi connectivity index (χ1n) is 8.58. The number of rotatable bonds is 6. The second-order valence-corrected chi connectivity index (χ2v) is 7.95. The molecule has 0 aliphatic carbocycles.